The van der Waals surface area contributed by atoms with Gasteiger partial charge in [-0.3, -0.25) is 5.09 Å². The quantitative estimate of drug-likeness (QED) is 0.805. The number of rotatable bonds is 3. The maximum Gasteiger partial charge on any atom is 0.0178 e. The van der Waals surface area contributed by atoms with Gasteiger partial charge in [0, 0.05) is 17.1 Å². The lowest BCUT2D eigenvalue weighted by molar-refractivity contribution is 0.391. The number of nitrogens with one attached hydrogen (secondary N) is 1. The molecule has 2 aliphatic rings. The average molecular weight is 265 g/mol. The van der Waals surface area contributed by atoms with Crippen LogP contribution in [0.25, 0.3) is 0 Å². The first-order chi connectivity index (χ1) is 8.34. The summed E-state index contributed by atoms with van der Waals surface area (Å²) in [5, 5.41) is 4.77. The summed E-state index contributed by atoms with van der Waals surface area (Å²) in [4.78, 5) is 0. The van der Waals surface area contributed by atoms with Gasteiger partial charge in [-0.25, -0.2) is 0 Å². The Balaban J connectivity index is 1.74. The van der Waals surface area contributed by atoms with Crippen LogP contribution < -0.4 is 5.09 Å². The van der Waals surface area contributed by atoms with Crippen molar-refractivity contribution >= 4 is 17.3 Å². The van der Waals surface area contributed by atoms with Crippen molar-refractivity contribution < 1.29 is 0 Å². The molecule has 0 amide bonds. The molecule has 1 N–H and O–H groups in total. The van der Waals surface area contributed by atoms with Crippen LogP contribution in [0.3, 0.4) is 0 Å². The first kappa shape index (κ1) is 12.1. The van der Waals surface area contributed by atoms with Crippen LogP contribution in [0.1, 0.15) is 43.3 Å². The Morgan fingerprint density at radius 1 is 1.06 bits per heavy atom. The van der Waals surface area contributed by atoms with Crippen LogP contribution in [-0.4, -0.2) is 11.4 Å². The molecule has 1 aromatic rings. The molecule has 1 heterocycles. The number of hydrogen-bond acceptors (Lipinski definition) is 1. The largest absolute Gasteiger partial charge is 0.292 e. The topological polar surface area (TPSA) is 12.0 Å². The van der Waals surface area contributed by atoms with Crippen molar-refractivity contribution in [1.82, 2.24) is 5.09 Å². The zero-order valence-corrected chi connectivity index (χ0v) is 12.2. The molecule has 1 saturated carbocycles. The van der Waals surface area contributed by atoms with Crippen LogP contribution >= 0.6 is 17.3 Å². The lowest BCUT2D eigenvalue weighted by Gasteiger charge is -2.34. The predicted octanol–water partition coefficient (Wildman–Crippen LogP) is 4.26. The van der Waals surface area contributed by atoms with Crippen LogP contribution in [-0.2, 0) is 0 Å². The molecular formula is C14H21NP2. The molecule has 17 heavy (non-hydrogen) atoms. The van der Waals surface area contributed by atoms with Gasteiger partial charge < -0.3 is 0 Å². The molecule has 0 spiro atoms. The van der Waals surface area contributed by atoms with Crippen LogP contribution in [0.5, 0.6) is 0 Å². The maximum absolute atomic E-state index is 3.96. The van der Waals surface area contributed by atoms with Crippen molar-refractivity contribution in [2.75, 3.05) is 0 Å². The Kier molecular flexibility index (Phi) is 3.81. The monoisotopic (exact) mass is 265 g/mol. The third kappa shape index (κ3) is 2.58. The van der Waals surface area contributed by atoms with Gasteiger partial charge in [0.25, 0.3) is 0 Å². The normalized spacial score (nSPS) is 33.6. The molecule has 0 radical (unpaired) electrons. The summed E-state index contributed by atoms with van der Waals surface area (Å²) in [6, 6.07) is 11.9. The van der Waals surface area contributed by atoms with Crippen molar-refractivity contribution in [3.05, 3.63) is 35.9 Å². The van der Waals surface area contributed by atoms with Gasteiger partial charge in [0.2, 0.25) is 0 Å². The predicted molar refractivity (Wildman–Crippen MR) is 79.6 cm³/mol. The van der Waals surface area contributed by atoms with Crippen LogP contribution in [0, 0.1) is 0 Å². The number of benzene rings is 1. The van der Waals surface area contributed by atoms with Gasteiger partial charge in [0.1, 0.15) is 0 Å². The van der Waals surface area contributed by atoms with Crippen molar-refractivity contribution in [3.63, 3.8) is 0 Å². The van der Waals surface area contributed by atoms with Gasteiger partial charge in [-0.15, -0.1) is 9.24 Å². The third-order valence-electron chi connectivity index (χ3n) is 4.05. The molecule has 1 saturated heterocycles. The summed E-state index contributed by atoms with van der Waals surface area (Å²) in [5.74, 6) is 0. The van der Waals surface area contributed by atoms with E-state index in [1.807, 2.05) is 0 Å². The minimum absolute atomic E-state index is 0.0271. The highest BCUT2D eigenvalue weighted by atomic mass is 31.2. The highest BCUT2D eigenvalue weighted by Gasteiger charge is 2.36. The first-order valence-electron chi connectivity index (χ1n) is 6.69. The van der Waals surface area contributed by atoms with Crippen molar-refractivity contribution in [2.24, 2.45) is 0 Å². The van der Waals surface area contributed by atoms with Gasteiger partial charge in [0.15, 0.2) is 0 Å². The summed E-state index contributed by atoms with van der Waals surface area (Å²) in [5.41, 5.74) is 2.34. The van der Waals surface area contributed by atoms with Gasteiger partial charge in [-0.1, -0.05) is 36.8 Å². The third-order valence-corrected chi connectivity index (χ3v) is 8.21. The highest BCUT2D eigenvalue weighted by molar-refractivity contribution is 7.64. The fourth-order valence-corrected chi connectivity index (χ4v) is 6.71. The van der Waals surface area contributed by atoms with E-state index in [0.717, 1.165) is 17.1 Å². The second-order valence-electron chi connectivity index (χ2n) is 5.24. The van der Waals surface area contributed by atoms with E-state index in [9.17, 15) is 0 Å². The van der Waals surface area contributed by atoms with Crippen molar-refractivity contribution in [2.45, 2.75) is 49.2 Å². The molecule has 1 aliphatic heterocycles. The molecule has 2 unspecified atom stereocenters. The summed E-state index contributed by atoms with van der Waals surface area (Å²) in [6.07, 6.45) is 6.97. The molecule has 92 valence electrons. The zero-order chi connectivity index (χ0) is 11.7. The standard InChI is InChI=1S/C14H21NP2/c16-14-10-9-13(11-5-2-1-3-6-11)17(14)15-12-7-4-8-12/h1-3,5-6,12-15H,4,7-10,16H2/t13-,14-,17?/m1/s1. The van der Waals surface area contributed by atoms with Crippen LogP contribution in [0.15, 0.2) is 30.3 Å². The minimum Gasteiger partial charge on any atom is -0.292 e. The Bertz CT molecular complexity index is 364. The van der Waals surface area contributed by atoms with E-state index >= 15 is 0 Å². The van der Waals surface area contributed by atoms with E-state index in [-0.39, 0.29) is 8.07 Å². The molecule has 1 aromatic carbocycles. The first-order valence-corrected chi connectivity index (χ1v) is 8.84. The molecule has 0 aromatic heterocycles. The van der Waals surface area contributed by atoms with E-state index in [1.165, 1.54) is 32.1 Å². The molecule has 1 nitrogen and oxygen atoms in total. The van der Waals surface area contributed by atoms with Gasteiger partial charge in [-0.05, 0) is 39.3 Å². The molecule has 0 bridgehead atoms. The Morgan fingerprint density at radius 2 is 1.82 bits per heavy atom. The second kappa shape index (κ2) is 5.35. The fourth-order valence-electron chi connectivity index (χ4n) is 2.77. The molecule has 1 aliphatic carbocycles. The van der Waals surface area contributed by atoms with Crippen LogP contribution in [0.2, 0.25) is 0 Å². The summed E-state index contributed by atoms with van der Waals surface area (Å²) >= 11 is 0. The SMILES string of the molecule is P[C@H]1CC[C@H](c2ccccc2)P1NC1CCC1. The van der Waals surface area contributed by atoms with Gasteiger partial charge >= 0.3 is 0 Å². The Hall–Kier alpha value is 0.0400. The lowest BCUT2D eigenvalue weighted by Crippen LogP contribution is -2.32. The Morgan fingerprint density at radius 3 is 2.47 bits per heavy atom. The maximum atomic E-state index is 3.96. The van der Waals surface area contributed by atoms with E-state index in [0.29, 0.717) is 0 Å². The highest BCUT2D eigenvalue weighted by Crippen LogP contribution is 2.63. The number of hydrogen-bond donors (Lipinski definition) is 1. The fraction of sp³-hybridized carbons (Fsp3) is 0.571. The van der Waals surface area contributed by atoms with E-state index in [2.05, 4.69) is 44.7 Å². The van der Waals surface area contributed by atoms with Gasteiger partial charge in [-0.2, -0.15) is 0 Å². The summed E-state index contributed by atoms with van der Waals surface area (Å²) < 4.78 is 0. The zero-order valence-electron chi connectivity index (χ0n) is 10.2. The lowest BCUT2D eigenvalue weighted by atomic mass is 9.94. The average Bonchev–Trinajstić information content (AvgIpc) is 2.66. The second-order valence-corrected chi connectivity index (χ2v) is 8.96. The summed E-state index contributed by atoms with van der Waals surface area (Å²) in [7, 11) is 3.06. The molecule has 3 heteroatoms. The summed E-state index contributed by atoms with van der Waals surface area (Å²) in [6.45, 7) is 0. The smallest absolute Gasteiger partial charge is 0.0178 e. The van der Waals surface area contributed by atoms with E-state index in [1.54, 1.807) is 5.56 Å². The van der Waals surface area contributed by atoms with Crippen LogP contribution in [0.4, 0.5) is 0 Å². The molecule has 2 fully saturated rings. The molecular weight excluding hydrogens is 244 g/mol. The molecule has 3 rings (SSSR count). The Labute approximate surface area is 108 Å². The van der Waals surface area contributed by atoms with Crippen molar-refractivity contribution in [3.8, 4) is 0 Å². The molecule has 4 atom stereocenters. The minimum atomic E-state index is -0.0271. The van der Waals surface area contributed by atoms with E-state index in [4.69, 9.17) is 0 Å². The van der Waals surface area contributed by atoms with Gasteiger partial charge in [0.05, 0.1) is 0 Å². The van der Waals surface area contributed by atoms with E-state index < -0.39 is 0 Å². The van der Waals surface area contributed by atoms with Crippen molar-refractivity contribution in [1.29, 1.82) is 0 Å².